The summed E-state index contributed by atoms with van der Waals surface area (Å²) in [5.74, 6) is 2.66. The summed E-state index contributed by atoms with van der Waals surface area (Å²) in [4.78, 5) is 57.1. The van der Waals surface area contributed by atoms with Crippen LogP contribution in [0.2, 0.25) is 5.15 Å². The van der Waals surface area contributed by atoms with Crippen molar-refractivity contribution >= 4 is 79.0 Å². The Bertz CT molecular complexity index is 4340. The first-order chi connectivity index (χ1) is 48.5. The van der Waals surface area contributed by atoms with Gasteiger partial charge >= 0.3 is 17.3 Å². The van der Waals surface area contributed by atoms with E-state index in [0.717, 1.165) is 61.9 Å². The van der Waals surface area contributed by atoms with Crippen LogP contribution in [-0.4, -0.2) is 225 Å². The number of nitrogens with one attached hydrogen (secondary N) is 2. The highest BCUT2D eigenvalue weighted by molar-refractivity contribution is 9.10. The average molecular weight is 1480 g/mol. The molecule has 9 heterocycles. The normalized spacial score (nSPS) is 14.1. The number of hydrogen-bond donors (Lipinski definition) is 3. The first-order valence-corrected chi connectivity index (χ1v) is 32.3. The number of halogens is 2. The van der Waals surface area contributed by atoms with Gasteiger partial charge in [-0.25, -0.2) is 24.7 Å². The van der Waals surface area contributed by atoms with Crippen molar-refractivity contribution in [2.45, 2.75) is 31.3 Å². The molecule has 0 bridgehead atoms. The Labute approximate surface area is 593 Å². The van der Waals surface area contributed by atoms with Gasteiger partial charge in [-0.1, -0.05) is 27.5 Å². The second-order valence-electron chi connectivity index (χ2n) is 22.8. The molecule has 4 aromatic carbocycles. The lowest BCUT2D eigenvalue weighted by molar-refractivity contribution is -0.385. The van der Waals surface area contributed by atoms with E-state index in [2.05, 4.69) is 86.9 Å². The summed E-state index contributed by atoms with van der Waals surface area (Å²) in [6, 6.07) is 15.7. The number of carbonyl (C=O) groups is 1. The number of methoxy groups -OCH3 is 8. The average Bonchev–Trinajstić information content (AvgIpc) is 1.56. The van der Waals surface area contributed by atoms with E-state index in [1.54, 1.807) is 98.8 Å². The Hall–Kier alpha value is -10.4. The van der Waals surface area contributed by atoms with Crippen molar-refractivity contribution in [3.05, 3.63) is 115 Å². The van der Waals surface area contributed by atoms with Crippen LogP contribution >= 0.6 is 27.5 Å². The second-order valence-corrected chi connectivity index (χ2v) is 24.1. The van der Waals surface area contributed by atoms with Crippen LogP contribution in [0.3, 0.4) is 0 Å². The Balaban J connectivity index is 0.000000156. The van der Waals surface area contributed by atoms with Gasteiger partial charge in [0.15, 0.2) is 45.6 Å². The Morgan fingerprint density at radius 2 is 0.931 bits per heavy atom. The SMILES string of the molecule is CCOC(=O)c1nnc(Cl)cc1Nc1cc(N2CC(OC)C2)cc(-c2ncn(C)n2)c1OC.COC1CNC1.COc1c(-c2ncn(C)n2)cc(Br)cc1[N+](=O)[O-].COc1c(-c2ncn(C)n2)cc(N2CC(OC)C2)cc1[N+](=O)[O-].COc1c(N)cc(N2CC(OC)C2)cc1-c1ncn(C)n1. The molecule has 538 valence electrons. The van der Waals surface area contributed by atoms with Crippen LogP contribution in [-0.2, 0) is 51.9 Å². The molecule has 0 amide bonds. The smallest absolute Gasteiger partial charge is 0.361 e. The van der Waals surface area contributed by atoms with Crippen LogP contribution in [0, 0.1) is 20.2 Å². The Kier molecular flexibility index (Phi) is 25.2. The van der Waals surface area contributed by atoms with E-state index in [-0.39, 0.29) is 58.6 Å². The number of aryl methyl sites for hydroxylation is 4. The maximum atomic E-state index is 12.4. The first kappa shape index (κ1) is 74.8. The van der Waals surface area contributed by atoms with E-state index < -0.39 is 15.8 Å². The van der Waals surface area contributed by atoms with Crippen LogP contribution in [0.15, 0.2) is 84.4 Å². The maximum Gasteiger partial charge on any atom is 0.361 e. The van der Waals surface area contributed by atoms with Gasteiger partial charge in [0.1, 0.15) is 25.3 Å². The summed E-state index contributed by atoms with van der Waals surface area (Å²) in [6.45, 7) is 8.58. The van der Waals surface area contributed by atoms with Gasteiger partial charge < -0.3 is 73.7 Å². The zero-order valence-electron chi connectivity index (χ0n) is 57.7. The third-order valence-electron chi connectivity index (χ3n) is 16.1. The predicted molar refractivity (Wildman–Crippen MR) is 376 cm³/mol. The van der Waals surface area contributed by atoms with E-state index in [0.29, 0.717) is 92.2 Å². The van der Waals surface area contributed by atoms with Crippen LogP contribution in [0.4, 0.5) is 45.5 Å². The zero-order chi connectivity index (χ0) is 72.8. The van der Waals surface area contributed by atoms with Gasteiger partial charge in [-0.3, -0.25) is 39.0 Å². The lowest BCUT2D eigenvalue weighted by Gasteiger charge is -2.40. The molecule has 9 aromatic rings. The topological polar surface area (TPSA) is 395 Å². The van der Waals surface area contributed by atoms with Gasteiger partial charge in [0.05, 0.1) is 109 Å². The summed E-state index contributed by atoms with van der Waals surface area (Å²) >= 11 is 9.30. The second kappa shape index (κ2) is 34.1. The van der Waals surface area contributed by atoms with E-state index in [9.17, 15) is 25.0 Å². The molecule has 0 unspecified atom stereocenters. The highest BCUT2D eigenvalue weighted by Crippen LogP contribution is 2.45. The van der Waals surface area contributed by atoms with Crippen molar-refractivity contribution in [3.63, 3.8) is 0 Å². The van der Waals surface area contributed by atoms with Crippen LogP contribution in [0.5, 0.6) is 23.0 Å². The van der Waals surface area contributed by atoms with Crippen molar-refractivity contribution in [1.82, 2.24) is 74.6 Å². The molecule has 4 aliphatic heterocycles. The third-order valence-corrected chi connectivity index (χ3v) is 16.7. The standard InChI is InChI=1S/C21H24ClN7O4.C14H17N5O4.C14H19N5O2.C10H9BrN4O3.C4H9NO/c1-5-33-21(30)18-15(8-17(22)25-26-18)24-16-7-12(29-9-13(10-29)31-3)6-14(19(16)32-4)20-23-11-28(2)27-20;1-17-8-15-14(16-17)11-4-9(18-6-10(7-18)22-2)5-12(19(20)21)13(11)23-3;1-18-8-16-14(17-18)11-4-9(5-12(15)13(11)21-3)19-6-10(7-19)20-2;1-14-5-12-10(13-14)7-3-6(11)4-8(15(16)17)9(7)18-2;1-6-4-2-5-3-4/h6-8,11,13H,5,9-10H2,1-4H3,(H,24,25);4-5,8,10H,6-7H2,1-3H3;4-5,8,10H,6-7,15H2,1-3H3;3-5H,1-2H3;4-5H,2-3H2,1H3. The van der Waals surface area contributed by atoms with Crippen molar-refractivity contribution in [1.29, 1.82) is 0 Å². The van der Waals surface area contributed by atoms with Crippen LogP contribution in [0.1, 0.15) is 17.4 Å². The summed E-state index contributed by atoms with van der Waals surface area (Å²) in [5.41, 5.74) is 12.5. The number of hydrogen-bond acceptors (Lipinski definition) is 30. The lowest BCUT2D eigenvalue weighted by Crippen LogP contribution is -2.51. The number of nitro groups is 2. The van der Waals surface area contributed by atoms with Gasteiger partial charge in [-0.15, -0.1) is 10.2 Å². The third kappa shape index (κ3) is 18.0. The minimum absolute atomic E-state index is 0.00890. The molecule has 4 aliphatic rings. The number of nitro benzene ring substituents is 2. The molecule has 4 N–H and O–H groups in total. The molecule has 0 radical (unpaired) electrons. The lowest BCUT2D eigenvalue weighted by atomic mass is 10.1. The molecule has 0 atom stereocenters. The fourth-order valence-corrected chi connectivity index (χ4v) is 11.1. The molecule has 38 heteroatoms. The van der Waals surface area contributed by atoms with Crippen molar-refractivity contribution in [2.24, 2.45) is 28.2 Å². The summed E-state index contributed by atoms with van der Waals surface area (Å²) in [7, 11) is 19.8. The minimum Gasteiger partial charge on any atom is -0.494 e. The molecule has 5 aromatic heterocycles. The van der Waals surface area contributed by atoms with Crippen LogP contribution < -0.4 is 50.0 Å². The molecule has 4 fully saturated rings. The van der Waals surface area contributed by atoms with Crippen molar-refractivity contribution in [2.75, 3.05) is 142 Å². The van der Waals surface area contributed by atoms with Crippen molar-refractivity contribution < 1.29 is 57.3 Å². The number of nitrogen functional groups attached to an aromatic ring is 1. The molecule has 0 saturated carbocycles. The molecule has 0 spiro atoms. The quantitative estimate of drug-likeness (QED) is 0.0295. The fraction of sp³-hybridized carbons (Fsp3) is 0.413. The molecular formula is C63H78BrClN22O14. The van der Waals surface area contributed by atoms with Crippen molar-refractivity contribution in [3.8, 4) is 68.5 Å². The maximum absolute atomic E-state index is 12.4. The Morgan fingerprint density at radius 3 is 1.29 bits per heavy atom. The van der Waals surface area contributed by atoms with Gasteiger partial charge in [0.25, 0.3) is 0 Å². The number of nitrogens with zero attached hydrogens (tertiary/aromatic N) is 19. The zero-order valence-corrected chi connectivity index (χ0v) is 60.1. The molecule has 13 rings (SSSR count). The highest BCUT2D eigenvalue weighted by atomic mass is 79.9. The summed E-state index contributed by atoms with van der Waals surface area (Å²) < 4.78 is 54.4. The van der Waals surface area contributed by atoms with E-state index in [1.807, 2.05) is 42.3 Å². The van der Waals surface area contributed by atoms with E-state index >= 15 is 0 Å². The number of carbonyl (C=O) groups excluding carboxylic acids is 1. The van der Waals surface area contributed by atoms with Crippen LogP contribution in [0.25, 0.3) is 45.6 Å². The fourth-order valence-electron chi connectivity index (χ4n) is 10.5. The number of nitrogens with two attached hydrogens (primary N) is 1. The first-order valence-electron chi connectivity index (χ1n) is 31.1. The molecule has 36 nitrogen and oxygen atoms in total. The number of ether oxygens (including phenoxy) is 9. The number of esters is 1. The van der Waals surface area contributed by atoms with Gasteiger partial charge in [-0.05, 0) is 43.3 Å². The van der Waals surface area contributed by atoms with Gasteiger partial charge in [-0.2, -0.15) is 20.4 Å². The number of rotatable bonds is 21. The highest BCUT2D eigenvalue weighted by Gasteiger charge is 2.34. The molecule has 0 aliphatic carbocycles. The monoisotopic (exact) mass is 1480 g/mol. The summed E-state index contributed by atoms with van der Waals surface area (Å²) in [6.07, 6.45) is 7.42. The molecular weight excluding hydrogens is 1400 g/mol. The number of aromatic nitrogens is 14. The van der Waals surface area contributed by atoms with Gasteiger partial charge in [0.2, 0.25) is 11.5 Å². The molecule has 101 heavy (non-hydrogen) atoms. The minimum atomic E-state index is -0.614. The predicted octanol–water partition coefficient (Wildman–Crippen LogP) is 6.60. The van der Waals surface area contributed by atoms with E-state index in [1.165, 1.54) is 54.4 Å². The largest absolute Gasteiger partial charge is 0.494 e. The Morgan fingerprint density at radius 1 is 0.545 bits per heavy atom. The summed E-state index contributed by atoms with van der Waals surface area (Å²) in [5, 5.41) is 53.6. The van der Waals surface area contributed by atoms with Gasteiger partial charge in [0, 0.05) is 149 Å². The number of benzene rings is 4. The molecule has 4 saturated heterocycles. The number of anilines is 6. The van der Waals surface area contributed by atoms with E-state index in [4.69, 9.17) is 60.0 Å².